The van der Waals surface area contributed by atoms with Crippen LogP contribution in [-0.4, -0.2) is 24.5 Å². The summed E-state index contributed by atoms with van der Waals surface area (Å²) in [7, 11) is 0. The number of rotatable bonds is 2. The van der Waals surface area contributed by atoms with Crippen molar-refractivity contribution in [1.29, 1.82) is 0 Å². The highest BCUT2D eigenvalue weighted by molar-refractivity contribution is 5.33. The maximum absolute atomic E-state index is 11.7. The van der Waals surface area contributed by atoms with Crippen LogP contribution in [-0.2, 0) is 4.79 Å². The minimum absolute atomic E-state index is 0.452. The van der Waals surface area contributed by atoms with Gasteiger partial charge in [0.1, 0.15) is 0 Å². The van der Waals surface area contributed by atoms with Gasteiger partial charge >= 0.3 is 12.4 Å². The van der Waals surface area contributed by atoms with Gasteiger partial charge in [0.2, 0.25) is 6.08 Å². The average Bonchev–Trinajstić information content (AvgIpc) is 1.81. The fourth-order valence-electron chi connectivity index (χ4n) is 0.517. The Labute approximate surface area is 68.2 Å². The van der Waals surface area contributed by atoms with Gasteiger partial charge in [-0.05, 0) is 0 Å². The summed E-state index contributed by atoms with van der Waals surface area (Å²) in [6.07, 6.45) is -11.9. The van der Waals surface area contributed by atoms with Crippen LogP contribution in [0.2, 0.25) is 0 Å². The standard InChI is InChI=1S/C5H3F6NO/c6-4(7,8)1-3(12-2-13)5(9,10)11/h3H,1H2. The molecule has 0 amide bonds. The Morgan fingerprint density at radius 1 is 1.15 bits per heavy atom. The summed E-state index contributed by atoms with van der Waals surface area (Å²) in [5, 5.41) is 0. The molecule has 76 valence electrons. The number of aliphatic imine (C=N–C) groups is 1. The van der Waals surface area contributed by atoms with Crippen LogP contribution in [0.15, 0.2) is 4.99 Å². The number of alkyl halides is 6. The number of carbonyl (C=O) groups excluding carboxylic acids is 1. The van der Waals surface area contributed by atoms with E-state index in [0.29, 0.717) is 6.08 Å². The fraction of sp³-hybridized carbons (Fsp3) is 0.800. The molecule has 0 aromatic carbocycles. The Balaban J connectivity index is 4.55. The highest BCUT2D eigenvalue weighted by Crippen LogP contribution is 2.32. The van der Waals surface area contributed by atoms with Gasteiger partial charge in [-0.3, -0.25) is 0 Å². The molecule has 1 atom stereocenters. The van der Waals surface area contributed by atoms with Crippen molar-refractivity contribution in [2.75, 3.05) is 0 Å². The summed E-state index contributed by atoms with van der Waals surface area (Å²) in [4.78, 5) is 11.4. The molecule has 0 aliphatic carbocycles. The molecule has 0 aromatic rings. The predicted octanol–water partition coefficient (Wildman–Crippen LogP) is 2.21. The van der Waals surface area contributed by atoms with Gasteiger partial charge in [0.05, 0.1) is 6.42 Å². The van der Waals surface area contributed by atoms with E-state index in [-0.39, 0.29) is 0 Å². The van der Waals surface area contributed by atoms with E-state index >= 15 is 0 Å². The molecule has 0 N–H and O–H groups in total. The highest BCUT2D eigenvalue weighted by Gasteiger charge is 2.46. The molecule has 8 heteroatoms. The molecule has 13 heavy (non-hydrogen) atoms. The summed E-state index contributed by atoms with van der Waals surface area (Å²) < 4.78 is 69.4. The number of hydrogen-bond donors (Lipinski definition) is 0. The van der Waals surface area contributed by atoms with Crippen LogP contribution in [0.1, 0.15) is 6.42 Å². The highest BCUT2D eigenvalue weighted by atomic mass is 19.4. The van der Waals surface area contributed by atoms with Crippen LogP contribution >= 0.6 is 0 Å². The van der Waals surface area contributed by atoms with E-state index in [1.54, 1.807) is 0 Å². The third-order valence-corrected chi connectivity index (χ3v) is 1.01. The lowest BCUT2D eigenvalue weighted by Crippen LogP contribution is -2.32. The predicted molar refractivity (Wildman–Crippen MR) is 28.6 cm³/mol. The molecular weight excluding hydrogens is 204 g/mol. The Bertz CT molecular complexity index is 212. The summed E-state index contributed by atoms with van der Waals surface area (Å²) in [5.74, 6) is 0. The van der Waals surface area contributed by atoms with Crippen molar-refractivity contribution < 1.29 is 31.1 Å². The van der Waals surface area contributed by atoms with Crippen molar-refractivity contribution in [2.45, 2.75) is 24.8 Å². The largest absolute Gasteiger partial charge is 0.411 e. The average molecular weight is 207 g/mol. The number of hydrogen-bond acceptors (Lipinski definition) is 2. The minimum atomic E-state index is -5.17. The zero-order valence-electron chi connectivity index (χ0n) is 5.91. The number of halogens is 6. The lowest BCUT2D eigenvalue weighted by molar-refractivity contribution is -0.193. The van der Waals surface area contributed by atoms with E-state index in [0.717, 1.165) is 0 Å². The van der Waals surface area contributed by atoms with E-state index in [1.807, 2.05) is 4.99 Å². The maximum Gasteiger partial charge on any atom is 0.411 e. The third kappa shape index (κ3) is 5.24. The SMILES string of the molecule is O=C=NC(CC(F)(F)F)C(F)(F)F. The van der Waals surface area contributed by atoms with Crippen LogP contribution in [0.5, 0.6) is 0 Å². The summed E-state index contributed by atoms with van der Waals surface area (Å²) in [5.41, 5.74) is 0. The van der Waals surface area contributed by atoms with Crippen molar-refractivity contribution in [3.05, 3.63) is 0 Å². The minimum Gasteiger partial charge on any atom is -0.211 e. The first-order valence-electron chi connectivity index (χ1n) is 2.87. The molecule has 1 unspecified atom stereocenters. The van der Waals surface area contributed by atoms with Crippen LogP contribution in [0.4, 0.5) is 26.3 Å². The molecule has 0 heterocycles. The van der Waals surface area contributed by atoms with E-state index in [2.05, 4.69) is 0 Å². The second kappa shape index (κ2) is 3.78. The normalized spacial score (nSPS) is 14.9. The van der Waals surface area contributed by atoms with Gasteiger partial charge in [0.25, 0.3) is 0 Å². The fourth-order valence-corrected chi connectivity index (χ4v) is 0.517. The lowest BCUT2D eigenvalue weighted by atomic mass is 10.2. The lowest BCUT2D eigenvalue weighted by Gasteiger charge is -2.15. The molecule has 0 radical (unpaired) electrons. The van der Waals surface area contributed by atoms with E-state index in [1.165, 1.54) is 0 Å². The van der Waals surface area contributed by atoms with E-state index in [9.17, 15) is 31.1 Å². The second-order valence-electron chi connectivity index (χ2n) is 2.10. The molecule has 2 nitrogen and oxygen atoms in total. The number of isocyanates is 1. The van der Waals surface area contributed by atoms with Crippen LogP contribution in [0, 0.1) is 0 Å². The van der Waals surface area contributed by atoms with E-state index < -0.39 is 24.8 Å². The van der Waals surface area contributed by atoms with Crippen molar-refractivity contribution in [3.8, 4) is 0 Å². The summed E-state index contributed by atoms with van der Waals surface area (Å²) in [6, 6.07) is -3.05. The second-order valence-corrected chi connectivity index (χ2v) is 2.10. The van der Waals surface area contributed by atoms with Gasteiger partial charge in [-0.1, -0.05) is 0 Å². The Hall–Kier alpha value is -1.04. The van der Waals surface area contributed by atoms with Gasteiger partial charge < -0.3 is 0 Å². The smallest absolute Gasteiger partial charge is 0.211 e. The van der Waals surface area contributed by atoms with Gasteiger partial charge in [0.15, 0.2) is 6.04 Å². The zero-order valence-corrected chi connectivity index (χ0v) is 5.91. The van der Waals surface area contributed by atoms with Crippen LogP contribution in [0.25, 0.3) is 0 Å². The van der Waals surface area contributed by atoms with Gasteiger partial charge in [-0.25, -0.2) is 4.79 Å². The van der Waals surface area contributed by atoms with Gasteiger partial charge in [-0.2, -0.15) is 31.3 Å². The quantitative estimate of drug-likeness (QED) is 0.387. The molecule has 0 rings (SSSR count). The van der Waals surface area contributed by atoms with Crippen LogP contribution < -0.4 is 0 Å². The Morgan fingerprint density at radius 3 is 1.85 bits per heavy atom. The Kier molecular flexibility index (Phi) is 3.48. The molecule has 0 fully saturated rings. The van der Waals surface area contributed by atoms with Gasteiger partial charge in [-0.15, -0.1) is 0 Å². The van der Waals surface area contributed by atoms with Crippen molar-refractivity contribution in [3.63, 3.8) is 0 Å². The van der Waals surface area contributed by atoms with Crippen molar-refractivity contribution in [2.24, 2.45) is 4.99 Å². The van der Waals surface area contributed by atoms with Crippen molar-refractivity contribution in [1.82, 2.24) is 0 Å². The zero-order chi connectivity index (χ0) is 10.7. The molecule has 0 aliphatic heterocycles. The first-order chi connectivity index (χ1) is 5.67. The third-order valence-electron chi connectivity index (χ3n) is 1.01. The molecule has 0 bridgehead atoms. The Morgan fingerprint density at radius 2 is 1.62 bits per heavy atom. The molecule has 0 saturated carbocycles. The van der Waals surface area contributed by atoms with E-state index in [4.69, 9.17) is 0 Å². The summed E-state index contributed by atoms with van der Waals surface area (Å²) in [6.45, 7) is 0. The first-order valence-corrected chi connectivity index (χ1v) is 2.87. The van der Waals surface area contributed by atoms with Crippen LogP contribution in [0.3, 0.4) is 0 Å². The molecule has 0 spiro atoms. The first kappa shape index (κ1) is 12.0. The van der Waals surface area contributed by atoms with Crippen molar-refractivity contribution >= 4 is 6.08 Å². The molecule has 0 aromatic heterocycles. The molecule has 0 saturated heterocycles. The molecular formula is C5H3F6NO. The summed E-state index contributed by atoms with van der Waals surface area (Å²) >= 11 is 0. The topological polar surface area (TPSA) is 29.4 Å². The molecule has 0 aliphatic rings. The maximum atomic E-state index is 11.7. The monoisotopic (exact) mass is 207 g/mol. The van der Waals surface area contributed by atoms with Gasteiger partial charge in [0, 0.05) is 0 Å². The number of nitrogens with zero attached hydrogens (tertiary/aromatic N) is 1.